The topological polar surface area (TPSA) is 83.6 Å². The van der Waals surface area contributed by atoms with Gasteiger partial charge in [-0.2, -0.15) is 0 Å². The molecule has 114 valence electrons. The van der Waals surface area contributed by atoms with Crippen LogP contribution in [0.2, 0.25) is 0 Å². The van der Waals surface area contributed by atoms with Crippen LogP contribution < -0.4 is 5.73 Å². The summed E-state index contributed by atoms with van der Waals surface area (Å²) in [6, 6.07) is -0.429. The molecule has 1 amide bonds. The average molecular weight is 282 g/mol. The summed E-state index contributed by atoms with van der Waals surface area (Å²) in [7, 11) is 0. The lowest BCUT2D eigenvalue weighted by Gasteiger charge is -2.37. The number of nitrogens with two attached hydrogens (primary N) is 1. The lowest BCUT2D eigenvalue weighted by atomic mass is 9.83. The van der Waals surface area contributed by atoms with Gasteiger partial charge in [0.15, 0.2) is 0 Å². The molecule has 5 nitrogen and oxygen atoms in total. The Balaban J connectivity index is 1.93. The first-order chi connectivity index (χ1) is 9.52. The summed E-state index contributed by atoms with van der Waals surface area (Å²) >= 11 is 0. The highest BCUT2D eigenvalue weighted by Crippen LogP contribution is 2.36. The van der Waals surface area contributed by atoms with Crippen LogP contribution in [0.4, 0.5) is 0 Å². The molecule has 2 saturated carbocycles. The normalized spacial score (nSPS) is 27.9. The van der Waals surface area contributed by atoms with Crippen LogP contribution in [0.1, 0.15) is 58.3 Å². The summed E-state index contributed by atoms with van der Waals surface area (Å²) in [5.41, 5.74) is 5.50. The highest BCUT2D eigenvalue weighted by Gasteiger charge is 2.39. The molecule has 0 aromatic heterocycles. The Bertz CT molecular complexity index is 360. The second kappa shape index (κ2) is 6.57. The highest BCUT2D eigenvalue weighted by molar-refractivity contribution is 5.84. The Labute approximate surface area is 120 Å². The van der Waals surface area contributed by atoms with Crippen molar-refractivity contribution >= 4 is 11.9 Å². The monoisotopic (exact) mass is 282 g/mol. The number of carbonyl (C=O) groups is 2. The third-order valence-corrected chi connectivity index (χ3v) is 4.73. The fourth-order valence-electron chi connectivity index (χ4n) is 3.27. The van der Waals surface area contributed by atoms with Crippen molar-refractivity contribution in [2.75, 3.05) is 0 Å². The van der Waals surface area contributed by atoms with Crippen LogP contribution in [0.3, 0.4) is 0 Å². The number of nitrogens with zero attached hydrogens (tertiary/aromatic N) is 1. The zero-order valence-corrected chi connectivity index (χ0v) is 12.3. The molecule has 0 aliphatic heterocycles. The van der Waals surface area contributed by atoms with Crippen LogP contribution in [0.15, 0.2) is 0 Å². The Kier molecular flexibility index (Phi) is 5.02. The maximum Gasteiger partial charge on any atom is 0.321 e. The first-order valence-electron chi connectivity index (χ1n) is 7.82. The first-order valence-corrected chi connectivity index (χ1v) is 7.82. The van der Waals surface area contributed by atoms with E-state index in [1.807, 2.05) is 4.90 Å². The molecule has 0 unspecified atom stereocenters. The van der Waals surface area contributed by atoms with Crippen molar-refractivity contribution < 1.29 is 14.7 Å². The fourth-order valence-corrected chi connectivity index (χ4v) is 3.27. The fraction of sp³-hybridized carbons (Fsp3) is 0.867. The predicted molar refractivity (Wildman–Crippen MR) is 76.1 cm³/mol. The van der Waals surface area contributed by atoms with Crippen molar-refractivity contribution in [1.82, 2.24) is 4.90 Å². The van der Waals surface area contributed by atoms with E-state index in [0.29, 0.717) is 12.1 Å². The van der Waals surface area contributed by atoms with Crippen molar-refractivity contribution in [2.24, 2.45) is 11.7 Å². The van der Waals surface area contributed by atoms with Crippen molar-refractivity contribution in [2.45, 2.75) is 76.4 Å². The molecular formula is C15H26N2O3. The molecule has 3 N–H and O–H groups in total. The molecule has 0 aromatic rings. The van der Waals surface area contributed by atoms with E-state index in [4.69, 9.17) is 10.8 Å². The number of carbonyl (C=O) groups excluding carboxylic acids is 1. The van der Waals surface area contributed by atoms with Gasteiger partial charge in [0.2, 0.25) is 5.91 Å². The van der Waals surface area contributed by atoms with Gasteiger partial charge in [-0.05, 0) is 44.4 Å². The number of aliphatic carboxylic acids is 1. The van der Waals surface area contributed by atoms with E-state index in [-0.39, 0.29) is 12.3 Å². The summed E-state index contributed by atoms with van der Waals surface area (Å²) in [5, 5.41) is 8.85. The molecule has 0 aromatic carbocycles. The number of carboxylic acids is 1. The van der Waals surface area contributed by atoms with E-state index in [1.165, 1.54) is 19.3 Å². The number of amides is 1. The van der Waals surface area contributed by atoms with Gasteiger partial charge in [0.05, 0.1) is 6.42 Å². The summed E-state index contributed by atoms with van der Waals surface area (Å²) in [4.78, 5) is 25.1. The number of carboxylic acid groups (broad SMARTS) is 1. The van der Waals surface area contributed by atoms with Gasteiger partial charge in [-0.3, -0.25) is 9.59 Å². The predicted octanol–water partition coefficient (Wildman–Crippen LogP) is 1.75. The molecule has 2 fully saturated rings. The van der Waals surface area contributed by atoms with E-state index in [2.05, 4.69) is 6.92 Å². The molecule has 20 heavy (non-hydrogen) atoms. The Morgan fingerprint density at radius 1 is 1.15 bits per heavy atom. The van der Waals surface area contributed by atoms with Gasteiger partial charge in [-0.1, -0.05) is 13.3 Å². The molecule has 0 spiro atoms. The second-order valence-electron chi connectivity index (χ2n) is 6.26. The maximum absolute atomic E-state index is 12.4. The van der Waals surface area contributed by atoms with Crippen molar-refractivity contribution in [3.63, 3.8) is 0 Å². The van der Waals surface area contributed by atoms with Crippen LogP contribution in [0.5, 0.6) is 0 Å². The molecule has 1 atom stereocenters. The molecule has 5 heteroatoms. The SMILES string of the molecule is CCC1CCC(N(C(=O)C[C@H](N)C(=O)O)C2CC2)CC1. The Hall–Kier alpha value is -1.10. The van der Waals surface area contributed by atoms with E-state index >= 15 is 0 Å². The first kappa shape index (κ1) is 15.3. The minimum atomic E-state index is -1.09. The molecular weight excluding hydrogens is 256 g/mol. The van der Waals surface area contributed by atoms with Gasteiger partial charge >= 0.3 is 5.97 Å². The molecule has 0 saturated heterocycles. The zero-order valence-electron chi connectivity index (χ0n) is 12.3. The van der Waals surface area contributed by atoms with Crippen molar-refractivity contribution in [3.05, 3.63) is 0 Å². The standard InChI is InChI=1S/C15H26N2O3/c1-2-10-3-5-11(6-4-10)17(12-7-8-12)14(18)9-13(16)15(19)20/h10-13H,2-9,16H2,1H3,(H,19,20)/t10?,11?,13-/m0/s1. The van der Waals surface area contributed by atoms with Gasteiger partial charge in [0.25, 0.3) is 0 Å². The van der Waals surface area contributed by atoms with Crippen LogP contribution in [-0.2, 0) is 9.59 Å². The molecule has 2 rings (SSSR count). The lowest BCUT2D eigenvalue weighted by molar-refractivity contribution is -0.143. The molecule has 2 aliphatic rings. The van der Waals surface area contributed by atoms with E-state index < -0.39 is 12.0 Å². The average Bonchev–Trinajstić information content (AvgIpc) is 3.24. The third kappa shape index (κ3) is 3.72. The van der Waals surface area contributed by atoms with Crippen LogP contribution in [0, 0.1) is 5.92 Å². The lowest BCUT2D eigenvalue weighted by Crippen LogP contribution is -2.46. The van der Waals surface area contributed by atoms with Crippen molar-refractivity contribution in [3.8, 4) is 0 Å². The number of hydrogen-bond donors (Lipinski definition) is 2. The van der Waals surface area contributed by atoms with E-state index in [0.717, 1.165) is 31.6 Å². The summed E-state index contributed by atoms with van der Waals surface area (Å²) in [6.07, 6.45) is 7.74. The minimum Gasteiger partial charge on any atom is -0.480 e. The van der Waals surface area contributed by atoms with Gasteiger partial charge in [-0.25, -0.2) is 0 Å². The number of rotatable bonds is 6. The Morgan fingerprint density at radius 2 is 1.65 bits per heavy atom. The zero-order chi connectivity index (χ0) is 14.7. The number of hydrogen-bond acceptors (Lipinski definition) is 3. The van der Waals surface area contributed by atoms with Crippen LogP contribution in [0.25, 0.3) is 0 Å². The highest BCUT2D eigenvalue weighted by atomic mass is 16.4. The third-order valence-electron chi connectivity index (χ3n) is 4.73. The van der Waals surface area contributed by atoms with Crippen LogP contribution >= 0.6 is 0 Å². The summed E-state index contributed by atoms with van der Waals surface area (Å²) in [6.45, 7) is 2.22. The molecule has 2 aliphatic carbocycles. The van der Waals surface area contributed by atoms with Crippen molar-refractivity contribution in [1.29, 1.82) is 0 Å². The largest absolute Gasteiger partial charge is 0.480 e. The smallest absolute Gasteiger partial charge is 0.321 e. The van der Waals surface area contributed by atoms with Gasteiger partial charge < -0.3 is 15.7 Å². The second-order valence-corrected chi connectivity index (χ2v) is 6.26. The quantitative estimate of drug-likeness (QED) is 0.777. The summed E-state index contributed by atoms with van der Waals surface area (Å²) in [5.74, 6) is -0.366. The maximum atomic E-state index is 12.4. The summed E-state index contributed by atoms with van der Waals surface area (Å²) < 4.78 is 0. The Morgan fingerprint density at radius 3 is 2.05 bits per heavy atom. The van der Waals surface area contributed by atoms with Crippen LogP contribution in [-0.4, -0.2) is 40.0 Å². The van der Waals surface area contributed by atoms with Gasteiger partial charge in [0.1, 0.15) is 6.04 Å². The van der Waals surface area contributed by atoms with E-state index in [1.54, 1.807) is 0 Å². The molecule has 0 radical (unpaired) electrons. The van der Waals surface area contributed by atoms with Gasteiger partial charge in [-0.15, -0.1) is 0 Å². The molecule has 0 heterocycles. The minimum absolute atomic E-state index is 0.0673. The van der Waals surface area contributed by atoms with Gasteiger partial charge in [0, 0.05) is 12.1 Å². The van der Waals surface area contributed by atoms with E-state index in [9.17, 15) is 9.59 Å². The molecule has 0 bridgehead atoms.